The lowest BCUT2D eigenvalue weighted by Gasteiger charge is -2.36. The fraction of sp³-hybridized carbons (Fsp3) is 0.364. The van der Waals surface area contributed by atoms with Crippen LogP contribution in [-0.4, -0.2) is 63.2 Å². The maximum absolute atomic E-state index is 13.8. The molecule has 0 unspecified atom stereocenters. The van der Waals surface area contributed by atoms with Crippen LogP contribution in [0.5, 0.6) is 5.75 Å². The summed E-state index contributed by atoms with van der Waals surface area (Å²) >= 11 is 0. The fourth-order valence-electron chi connectivity index (χ4n) is 3.32. The van der Waals surface area contributed by atoms with Gasteiger partial charge in [0.2, 0.25) is 11.8 Å². The summed E-state index contributed by atoms with van der Waals surface area (Å²) in [6, 6.07) is 12.3. The minimum absolute atomic E-state index is 0.0907. The second kappa shape index (κ2) is 10.1. The maximum Gasteiger partial charge on any atom is 0.250 e. The maximum atomic E-state index is 13.8. The number of anilines is 2. The van der Waals surface area contributed by atoms with Crippen LogP contribution in [0.1, 0.15) is 5.56 Å². The van der Waals surface area contributed by atoms with Gasteiger partial charge in [0, 0.05) is 26.2 Å². The highest BCUT2D eigenvalue weighted by Crippen LogP contribution is 2.28. The summed E-state index contributed by atoms with van der Waals surface area (Å²) in [5, 5.41) is 2.44. The lowest BCUT2D eigenvalue weighted by atomic mass is 10.2. The molecule has 0 atom stereocenters. The van der Waals surface area contributed by atoms with Crippen molar-refractivity contribution in [3.05, 3.63) is 53.8 Å². The largest absolute Gasteiger partial charge is 0.495 e. The third-order valence-corrected chi connectivity index (χ3v) is 4.92. The molecule has 2 aromatic rings. The molecule has 8 heteroatoms. The third kappa shape index (κ3) is 5.48. The monoisotopic (exact) mass is 415 g/mol. The van der Waals surface area contributed by atoms with Gasteiger partial charge >= 0.3 is 0 Å². The van der Waals surface area contributed by atoms with Gasteiger partial charge in [0.1, 0.15) is 24.8 Å². The number of rotatable bonds is 7. The number of hydrogen-bond donors (Lipinski definition) is 1. The normalized spacial score (nSPS) is 13.8. The Kier molecular flexibility index (Phi) is 7.24. The van der Waals surface area contributed by atoms with Gasteiger partial charge in [-0.05, 0) is 36.8 Å². The first kappa shape index (κ1) is 21.6. The number of carbonyl (C=O) groups is 2. The number of nitrogens with zero attached hydrogens (tertiary/aromatic N) is 2. The highest BCUT2D eigenvalue weighted by atomic mass is 19.1. The van der Waals surface area contributed by atoms with E-state index >= 15 is 0 Å². The van der Waals surface area contributed by atoms with Crippen molar-refractivity contribution >= 4 is 23.2 Å². The molecule has 1 aliphatic rings. The standard InChI is InChI=1S/C22H26FN3O4/c1-16-7-8-18(17(23)13-16)24-21(27)14-30-15-22(28)26-11-9-25(10-12-26)19-5-3-4-6-20(19)29-2/h3-8,13H,9-12,14-15H2,1-2H3,(H,24,27). The summed E-state index contributed by atoms with van der Waals surface area (Å²) in [6.07, 6.45) is 0. The van der Waals surface area contributed by atoms with Crippen LogP contribution in [0.25, 0.3) is 0 Å². The smallest absolute Gasteiger partial charge is 0.250 e. The number of benzene rings is 2. The molecular weight excluding hydrogens is 389 g/mol. The van der Waals surface area contributed by atoms with Gasteiger partial charge in [-0.15, -0.1) is 0 Å². The molecule has 0 radical (unpaired) electrons. The molecule has 1 fully saturated rings. The van der Waals surface area contributed by atoms with E-state index < -0.39 is 11.7 Å². The zero-order valence-corrected chi connectivity index (χ0v) is 17.2. The minimum atomic E-state index is -0.508. The molecule has 1 heterocycles. The van der Waals surface area contributed by atoms with Gasteiger partial charge in [-0.1, -0.05) is 18.2 Å². The molecule has 2 amide bonds. The lowest BCUT2D eigenvalue weighted by molar-refractivity contribution is -0.137. The van der Waals surface area contributed by atoms with Crippen molar-refractivity contribution < 1.29 is 23.5 Å². The zero-order chi connectivity index (χ0) is 21.5. The Balaban J connectivity index is 1.41. The van der Waals surface area contributed by atoms with E-state index in [1.165, 1.54) is 12.1 Å². The van der Waals surface area contributed by atoms with Crippen LogP contribution in [0, 0.1) is 12.7 Å². The number of amides is 2. The highest BCUT2D eigenvalue weighted by Gasteiger charge is 2.23. The Bertz CT molecular complexity index is 898. The molecule has 0 bridgehead atoms. The first-order valence-corrected chi connectivity index (χ1v) is 9.77. The quantitative estimate of drug-likeness (QED) is 0.752. The molecule has 1 saturated heterocycles. The Morgan fingerprint density at radius 1 is 1.07 bits per heavy atom. The number of aryl methyl sites for hydroxylation is 1. The number of piperazine rings is 1. The second-order valence-electron chi connectivity index (χ2n) is 7.06. The van der Waals surface area contributed by atoms with Crippen molar-refractivity contribution in [2.75, 3.05) is 56.7 Å². The van der Waals surface area contributed by atoms with Crippen LogP contribution in [-0.2, 0) is 14.3 Å². The molecule has 3 rings (SSSR count). The molecular formula is C22H26FN3O4. The Morgan fingerprint density at radius 3 is 2.50 bits per heavy atom. The summed E-state index contributed by atoms with van der Waals surface area (Å²) in [5.74, 6) is -0.389. The highest BCUT2D eigenvalue weighted by molar-refractivity contribution is 5.92. The topological polar surface area (TPSA) is 71.1 Å². The molecule has 7 nitrogen and oxygen atoms in total. The van der Waals surface area contributed by atoms with Crippen molar-refractivity contribution in [1.29, 1.82) is 0 Å². The Hall–Kier alpha value is -3.13. The van der Waals surface area contributed by atoms with Crippen LogP contribution in [0.4, 0.5) is 15.8 Å². The summed E-state index contributed by atoms with van der Waals surface area (Å²) in [5.41, 5.74) is 1.86. The van der Waals surface area contributed by atoms with Gasteiger partial charge in [0.15, 0.2) is 0 Å². The molecule has 0 saturated carbocycles. The molecule has 0 aromatic heterocycles. The van der Waals surface area contributed by atoms with Crippen molar-refractivity contribution in [2.45, 2.75) is 6.92 Å². The van der Waals surface area contributed by atoms with Crippen LogP contribution in [0.2, 0.25) is 0 Å². The summed E-state index contributed by atoms with van der Waals surface area (Å²) in [6.45, 7) is 3.72. The van der Waals surface area contributed by atoms with E-state index in [0.29, 0.717) is 26.2 Å². The average Bonchev–Trinajstić information content (AvgIpc) is 2.75. The number of methoxy groups -OCH3 is 1. The van der Waals surface area contributed by atoms with Crippen molar-refractivity contribution in [2.24, 2.45) is 0 Å². The van der Waals surface area contributed by atoms with Gasteiger partial charge in [-0.25, -0.2) is 4.39 Å². The number of halogens is 1. The molecule has 2 aromatic carbocycles. The summed E-state index contributed by atoms with van der Waals surface area (Å²) in [7, 11) is 1.64. The van der Waals surface area contributed by atoms with Crippen LogP contribution in [0.15, 0.2) is 42.5 Å². The molecule has 160 valence electrons. The molecule has 1 N–H and O–H groups in total. The van der Waals surface area contributed by atoms with Gasteiger partial charge in [0.05, 0.1) is 18.5 Å². The fourth-order valence-corrected chi connectivity index (χ4v) is 3.32. The first-order valence-electron chi connectivity index (χ1n) is 9.77. The second-order valence-corrected chi connectivity index (χ2v) is 7.06. The number of para-hydroxylation sites is 2. The molecule has 0 spiro atoms. The van der Waals surface area contributed by atoms with Crippen molar-refractivity contribution in [3.63, 3.8) is 0 Å². The zero-order valence-electron chi connectivity index (χ0n) is 17.2. The Morgan fingerprint density at radius 2 is 1.80 bits per heavy atom. The first-order chi connectivity index (χ1) is 14.5. The van der Waals surface area contributed by atoms with E-state index in [9.17, 15) is 14.0 Å². The number of carbonyl (C=O) groups excluding carboxylic acids is 2. The van der Waals surface area contributed by atoms with E-state index in [2.05, 4.69) is 10.2 Å². The molecule has 0 aliphatic carbocycles. The van der Waals surface area contributed by atoms with Crippen molar-refractivity contribution in [1.82, 2.24) is 4.90 Å². The number of ether oxygens (including phenoxy) is 2. The van der Waals surface area contributed by atoms with Crippen molar-refractivity contribution in [3.8, 4) is 5.75 Å². The Labute approximate surface area is 175 Å². The number of nitrogens with one attached hydrogen (secondary N) is 1. The average molecular weight is 415 g/mol. The van der Waals surface area contributed by atoms with Gasteiger partial charge in [-0.3, -0.25) is 9.59 Å². The lowest BCUT2D eigenvalue weighted by Crippen LogP contribution is -2.50. The van der Waals surface area contributed by atoms with Crippen LogP contribution in [0.3, 0.4) is 0 Å². The van der Waals surface area contributed by atoms with Crippen LogP contribution < -0.4 is 15.0 Å². The molecule has 30 heavy (non-hydrogen) atoms. The van der Waals surface area contributed by atoms with Gasteiger partial charge < -0.3 is 24.6 Å². The third-order valence-electron chi connectivity index (χ3n) is 4.92. The van der Waals surface area contributed by atoms with Crippen LogP contribution >= 0.6 is 0 Å². The van der Waals surface area contributed by atoms with E-state index in [-0.39, 0.29) is 24.8 Å². The summed E-state index contributed by atoms with van der Waals surface area (Å²) in [4.78, 5) is 28.2. The van der Waals surface area contributed by atoms with E-state index in [1.54, 1.807) is 25.0 Å². The number of hydrogen-bond acceptors (Lipinski definition) is 5. The summed E-state index contributed by atoms with van der Waals surface area (Å²) < 4.78 is 24.4. The van der Waals surface area contributed by atoms with E-state index in [1.807, 2.05) is 24.3 Å². The SMILES string of the molecule is COc1ccccc1N1CCN(C(=O)COCC(=O)Nc2ccc(C)cc2F)CC1. The van der Waals surface area contributed by atoms with Gasteiger partial charge in [-0.2, -0.15) is 0 Å². The van der Waals surface area contributed by atoms with Gasteiger partial charge in [0.25, 0.3) is 0 Å². The molecule has 1 aliphatic heterocycles. The predicted octanol–water partition coefficient (Wildman–Crippen LogP) is 2.45. The minimum Gasteiger partial charge on any atom is -0.495 e. The van der Waals surface area contributed by atoms with E-state index in [0.717, 1.165) is 17.0 Å². The predicted molar refractivity (Wildman–Crippen MR) is 112 cm³/mol. The van der Waals surface area contributed by atoms with E-state index in [4.69, 9.17) is 9.47 Å².